The summed E-state index contributed by atoms with van der Waals surface area (Å²) in [5, 5.41) is 121. The van der Waals surface area contributed by atoms with Gasteiger partial charge < -0.3 is 89.9 Å². The largest absolute Gasteiger partial charge is 0.394 e. The molecule has 0 saturated carbocycles. The molecule has 96 heavy (non-hydrogen) atoms. The van der Waals surface area contributed by atoms with Gasteiger partial charge in [-0.25, -0.2) is 0 Å². The van der Waals surface area contributed by atoms with Crippen molar-refractivity contribution in [2.24, 2.45) is 0 Å². The van der Waals surface area contributed by atoms with E-state index in [1.54, 1.807) is 0 Å². The van der Waals surface area contributed by atoms with Crippen LogP contribution in [-0.4, -0.2) is 193 Å². The van der Waals surface area contributed by atoms with Gasteiger partial charge in [-0.05, 0) is 51.4 Å². The van der Waals surface area contributed by atoms with Crippen molar-refractivity contribution in [3.63, 3.8) is 0 Å². The zero-order chi connectivity index (χ0) is 69.6. The topological polar surface area (TPSA) is 307 Å². The summed E-state index contributed by atoms with van der Waals surface area (Å²) in [6.07, 6.45) is 44.1. The van der Waals surface area contributed by atoms with Gasteiger partial charge in [0.15, 0.2) is 18.9 Å². The lowest BCUT2D eigenvalue weighted by Gasteiger charge is -2.48. The number of rotatable bonds is 62. The van der Waals surface area contributed by atoms with Gasteiger partial charge in [0, 0.05) is 6.42 Å². The summed E-state index contributed by atoms with van der Waals surface area (Å²) < 4.78 is 34.4. The van der Waals surface area contributed by atoms with E-state index in [2.05, 4.69) is 55.6 Å². The van der Waals surface area contributed by atoms with Crippen LogP contribution in [0.1, 0.15) is 316 Å². The predicted molar refractivity (Wildman–Crippen MR) is 379 cm³/mol. The highest BCUT2D eigenvalue weighted by Crippen LogP contribution is 2.33. The van der Waals surface area contributed by atoms with Crippen molar-refractivity contribution in [3.8, 4) is 0 Å². The van der Waals surface area contributed by atoms with Gasteiger partial charge in [-0.15, -0.1) is 0 Å². The average Bonchev–Trinajstić information content (AvgIpc) is 0.787. The van der Waals surface area contributed by atoms with Crippen molar-refractivity contribution in [3.05, 3.63) is 36.5 Å². The third-order valence-corrected chi connectivity index (χ3v) is 19.7. The van der Waals surface area contributed by atoms with Crippen LogP contribution in [-0.2, 0) is 33.2 Å². The van der Waals surface area contributed by atoms with Crippen molar-refractivity contribution in [1.82, 2.24) is 5.32 Å². The molecule has 19 nitrogen and oxygen atoms in total. The Kier molecular flexibility index (Phi) is 53.8. The molecule has 564 valence electrons. The summed E-state index contributed by atoms with van der Waals surface area (Å²) >= 11 is 0. The standard InChI is InChI=1S/C77H143NO18/c1-3-5-7-9-11-13-15-17-18-19-20-21-22-23-24-25-26-27-28-29-30-31-32-33-34-35-36-37-38-39-40-41-42-43-45-47-49-51-53-55-65(83)78-60(61(82)54-52-50-48-46-44-16-14-12-10-8-6-4-2)59-91-75-71(89)68(86)73(63(57-80)93-75)96-77-72(90)69(87)74(64(58-81)94-77)95-76-70(88)67(85)66(84)62(56-79)92-76/h15,17,19-20,22-23,60-64,66-77,79-82,84-90H,3-14,16,18,21,24-59H2,1-2H3,(H,78,83)/b17-15-,20-19-,23-22-. The van der Waals surface area contributed by atoms with E-state index in [-0.39, 0.29) is 18.9 Å². The van der Waals surface area contributed by atoms with Crippen LogP contribution in [0.25, 0.3) is 0 Å². The van der Waals surface area contributed by atoms with E-state index in [9.17, 15) is 61.0 Å². The van der Waals surface area contributed by atoms with Crippen molar-refractivity contribution in [1.29, 1.82) is 0 Å². The Balaban J connectivity index is 1.27. The molecule has 1 amide bonds. The number of allylic oxidation sites excluding steroid dienone is 6. The summed E-state index contributed by atoms with van der Waals surface area (Å²) in [6.45, 7) is 1.80. The number of hydrogen-bond acceptors (Lipinski definition) is 18. The molecular formula is C77H143NO18. The molecule has 0 radical (unpaired) electrons. The smallest absolute Gasteiger partial charge is 0.220 e. The molecule has 0 spiro atoms. The number of aliphatic hydroxyl groups excluding tert-OH is 11. The first kappa shape index (κ1) is 88.2. The molecule has 3 rings (SSSR count). The van der Waals surface area contributed by atoms with Gasteiger partial charge in [-0.3, -0.25) is 4.79 Å². The van der Waals surface area contributed by atoms with Crippen LogP contribution in [0.3, 0.4) is 0 Å². The molecule has 3 fully saturated rings. The Morgan fingerprint density at radius 3 is 1.07 bits per heavy atom. The summed E-state index contributed by atoms with van der Waals surface area (Å²) in [5.74, 6) is -0.238. The van der Waals surface area contributed by atoms with E-state index in [0.717, 1.165) is 57.8 Å². The highest BCUT2D eigenvalue weighted by Gasteiger charge is 2.54. The van der Waals surface area contributed by atoms with Gasteiger partial charge in [-0.1, -0.05) is 294 Å². The monoisotopic (exact) mass is 1370 g/mol. The number of unbranched alkanes of at least 4 members (excludes halogenated alkanes) is 40. The third kappa shape index (κ3) is 38.9. The van der Waals surface area contributed by atoms with Gasteiger partial charge in [-0.2, -0.15) is 0 Å². The molecule has 0 aromatic carbocycles. The van der Waals surface area contributed by atoms with E-state index < -0.39 is 124 Å². The molecule has 17 atom stereocenters. The van der Waals surface area contributed by atoms with Gasteiger partial charge in [0.05, 0.1) is 38.6 Å². The maximum absolute atomic E-state index is 13.4. The molecule has 12 N–H and O–H groups in total. The Bertz CT molecular complexity index is 1880. The zero-order valence-electron chi connectivity index (χ0n) is 60.1. The molecule has 0 aromatic heterocycles. The van der Waals surface area contributed by atoms with E-state index in [4.69, 9.17) is 28.4 Å². The first-order valence-corrected chi connectivity index (χ1v) is 39.2. The Morgan fingerprint density at radius 1 is 0.375 bits per heavy atom. The lowest BCUT2D eigenvalue weighted by molar-refractivity contribution is -0.379. The Morgan fingerprint density at radius 2 is 0.688 bits per heavy atom. The molecule has 3 heterocycles. The molecular weight excluding hydrogens is 1230 g/mol. The minimum Gasteiger partial charge on any atom is -0.394 e. The highest BCUT2D eigenvalue weighted by molar-refractivity contribution is 5.76. The molecule has 3 aliphatic heterocycles. The maximum Gasteiger partial charge on any atom is 0.220 e. The Hall–Kier alpha value is -1.99. The normalized spacial score (nSPS) is 27.2. The first-order valence-electron chi connectivity index (χ1n) is 39.2. The number of amides is 1. The summed E-state index contributed by atoms with van der Waals surface area (Å²) in [4.78, 5) is 13.4. The van der Waals surface area contributed by atoms with Crippen molar-refractivity contribution >= 4 is 5.91 Å². The summed E-state index contributed by atoms with van der Waals surface area (Å²) in [7, 11) is 0. The van der Waals surface area contributed by atoms with Gasteiger partial charge in [0.25, 0.3) is 0 Å². The van der Waals surface area contributed by atoms with Crippen LogP contribution in [0, 0.1) is 0 Å². The van der Waals surface area contributed by atoms with Crippen LogP contribution in [0.5, 0.6) is 0 Å². The third-order valence-electron chi connectivity index (χ3n) is 19.7. The molecule has 19 heteroatoms. The van der Waals surface area contributed by atoms with Gasteiger partial charge in [0.2, 0.25) is 5.91 Å². The van der Waals surface area contributed by atoms with E-state index >= 15 is 0 Å². The second kappa shape index (κ2) is 58.5. The zero-order valence-corrected chi connectivity index (χ0v) is 60.1. The molecule has 0 bridgehead atoms. The fourth-order valence-electron chi connectivity index (χ4n) is 13.4. The lowest BCUT2D eigenvalue weighted by Crippen LogP contribution is -2.66. The minimum atomic E-state index is -1.97. The lowest BCUT2D eigenvalue weighted by atomic mass is 9.96. The fraction of sp³-hybridized carbons (Fsp3) is 0.909. The minimum absolute atomic E-state index is 0.238. The van der Waals surface area contributed by atoms with Crippen LogP contribution in [0.15, 0.2) is 36.5 Å². The number of hydrogen-bond donors (Lipinski definition) is 12. The van der Waals surface area contributed by atoms with Gasteiger partial charge >= 0.3 is 0 Å². The van der Waals surface area contributed by atoms with E-state index in [0.29, 0.717) is 12.8 Å². The Labute approximate surface area is 581 Å². The van der Waals surface area contributed by atoms with Gasteiger partial charge in [0.1, 0.15) is 73.2 Å². The summed E-state index contributed by atoms with van der Waals surface area (Å²) in [6, 6.07) is -0.884. The maximum atomic E-state index is 13.4. The van der Waals surface area contributed by atoms with Crippen molar-refractivity contribution in [2.45, 2.75) is 420 Å². The molecule has 0 aromatic rings. The fourth-order valence-corrected chi connectivity index (χ4v) is 13.4. The molecule has 3 aliphatic rings. The first-order chi connectivity index (χ1) is 46.8. The van der Waals surface area contributed by atoms with E-state index in [1.165, 1.54) is 225 Å². The van der Waals surface area contributed by atoms with Crippen LogP contribution in [0.4, 0.5) is 0 Å². The molecule has 3 saturated heterocycles. The summed E-state index contributed by atoms with van der Waals surface area (Å²) in [5.41, 5.74) is 0. The van der Waals surface area contributed by atoms with Crippen molar-refractivity contribution in [2.75, 3.05) is 26.4 Å². The average molecular weight is 1370 g/mol. The number of carbonyl (C=O) groups excluding carboxylic acids is 1. The number of nitrogens with one attached hydrogen (secondary N) is 1. The second-order valence-corrected chi connectivity index (χ2v) is 28.2. The highest BCUT2D eigenvalue weighted by atomic mass is 16.8. The number of ether oxygens (including phenoxy) is 6. The predicted octanol–water partition coefficient (Wildman–Crippen LogP) is 12.3. The number of aliphatic hydroxyl groups is 11. The SMILES string of the molecule is CCCCCCC/C=C\C/C=C\C/C=C\CCCCCCCCCCCCCCCCCCCCCCCCCCC(=O)NC(COC1OC(CO)C(OC2OC(CO)C(OC3OC(CO)C(O)C(O)C3O)C(O)C2O)C(O)C1O)C(O)CCCCCCCCCCCCCC. The van der Waals surface area contributed by atoms with Crippen molar-refractivity contribution < 1.29 is 89.4 Å². The van der Waals surface area contributed by atoms with E-state index in [1.807, 2.05) is 0 Å². The second-order valence-electron chi connectivity index (χ2n) is 28.2. The van der Waals surface area contributed by atoms with Crippen LogP contribution >= 0.6 is 0 Å². The molecule has 0 aliphatic carbocycles. The molecule has 17 unspecified atom stereocenters. The van der Waals surface area contributed by atoms with Crippen LogP contribution in [0.2, 0.25) is 0 Å². The number of carbonyl (C=O) groups is 1. The quantitative estimate of drug-likeness (QED) is 0.0199. The van der Waals surface area contributed by atoms with Crippen LogP contribution < -0.4 is 5.32 Å².